The summed E-state index contributed by atoms with van der Waals surface area (Å²) in [5, 5.41) is 23.2. The van der Waals surface area contributed by atoms with Gasteiger partial charge in [0.1, 0.15) is 5.01 Å². The Balaban J connectivity index is 1.74. The van der Waals surface area contributed by atoms with E-state index in [0.29, 0.717) is 16.8 Å². The summed E-state index contributed by atoms with van der Waals surface area (Å²) in [4.78, 5) is 13.4. The van der Waals surface area contributed by atoms with Crippen molar-refractivity contribution in [1.82, 2.24) is 25.0 Å². The van der Waals surface area contributed by atoms with E-state index < -0.39 is 0 Å². The number of hydrogen-bond donors (Lipinski definition) is 1. The normalized spacial score (nSPS) is 10.9. The van der Waals surface area contributed by atoms with Crippen molar-refractivity contribution in [3.05, 3.63) is 33.5 Å². The molecular weight excluding hydrogens is 388 g/mol. The molecule has 1 amide bonds. The molecule has 0 aliphatic carbocycles. The topological polar surface area (TPSA) is 85.6 Å². The second-order valence-corrected chi connectivity index (χ2v) is 8.71. The molecule has 0 atom stereocenters. The van der Waals surface area contributed by atoms with Crippen molar-refractivity contribution in [3.63, 3.8) is 0 Å². The summed E-state index contributed by atoms with van der Waals surface area (Å²) in [7, 11) is 0. The van der Waals surface area contributed by atoms with Gasteiger partial charge in [-0.15, -0.1) is 38.3 Å². The minimum Gasteiger partial charge on any atom is -0.300 e. The van der Waals surface area contributed by atoms with E-state index in [1.165, 1.54) is 33.5 Å². The van der Waals surface area contributed by atoms with Crippen molar-refractivity contribution >= 4 is 45.5 Å². The van der Waals surface area contributed by atoms with Crippen molar-refractivity contribution in [1.29, 1.82) is 0 Å². The van der Waals surface area contributed by atoms with Crippen LogP contribution in [0.5, 0.6) is 0 Å². The number of nitrogens with zero attached hydrogens (tertiary/aromatic N) is 5. The molecule has 3 aromatic rings. The largest absolute Gasteiger partial charge is 0.300 e. The number of aromatic nitrogens is 5. The van der Waals surface area contributed by atoms with Crippen LogP contribution >= 0.6 is 34.4 Å². The van der Waals surface area contributed by atoms with Gasteiger partial charge >= 0.3 is 0 Å². The predicted molar refractivity (Wildman–Crippen MR) is 107 cm³/mol. The third-order valence-electron chi connectivity index (χ3n) is 3.66. The molecule has 0 fully saturated rings. The van der Waals surface area contributed by atoms with Crippen LogP contribution in [-0.4, -0.2) is 36.6 Å². The number of thioether (sulfide) groups is 1. The van der Waals surface area contributed by atoms with Crippen LogP contribution in [0.25, 0.3) is 11.4 Å². The molecule has 3 aromatic heterocycles. The summed E-state index contributed by atoms with van der Waals surface area (Å²) in [5.74, 6) is 0.869. The van der Waals surface area contributed by atoms with Crippen molar-refractivity contribution in [2.24, 2.45) is 0 Å². The van der Waals surface area contributed by atoms with E-state index in [1.807, 2.05) is 11.5 Å². The summed E-state index contributed by atoms with van der Waals surface area (Å²) >= 11 is 4.38. The molecule has 0 unspecified atom stereocenters. The van der Waals surface area contributed by atoms with Crippen LogP contribution in [0.3, 0.4) is 0 Å². The monoisotopic (exact) mass is 406 g/mol. The summed E-state index contributed by atoms with van der Waals surface area (Å²) in [5.41, 5.74) is 2.27. The highest BCUT2D eigenvalue weighted by Gasteiger charge is 2.18. The molecule has 0 aliphatic rings. The maximum atomic E-state index is 12.1. The zero-order valence-corrected chi connectivity index (χ0v) is 17.1. The Hall–Kier alpha value is -2.04. The molecule has 10 heteroatoms. The lowest BCUT2D eigenvalue weighted by Gasteiger charge is -2.07. The first-order valence-electron chi connectivity index (χ1n) is 7.81. The molecular formula is C16H18N6OS3. The van der Waals surface area contributed by atoms with E-state index in [-0.39, 0.29) is 11.7 Å². The lowest BCUT2D eigenvalue weighted by molar-refractivity contribution is -0.113. The first-order chi connectivity index (χ1) is 12.5. The van der Waals surface area contributed by atoms with Gasteiger partial charge in [0.25, 0.3) is 0 Å². The van der Waals surface area contributed by atoms with Gasteiger partial charge in [0.15, 0.2) is 11.0 Å². The molecule has 0 bridgehead atoms. The fourth-order valence-electron chi connectivity index (χ4n) is 2.26. The fourth-order valence-corrected chi connectivity index (χ4v) is 4.47. The molecule has 26 heavy (non-hydrogen) atoms. The fraction of sp³-hybridized carbons (Fsp3) is 0.312. The van der Waals surface area contributed by atoms with Crippen molar-refractivity contribution in [2.45, 2.75) is 32.5 Å². The third kappa shape index (κ3) is 4.02. The highest BCUT2D eigenvalue weighted by Crippen LogP contribution is 2.31. The van der Waals surface area contributed by atoms with E-state index in [4.69, 9.17) is 0 Å². The molecule has 3 heterocycles. The molecule has 0 radical (unpaired) electrons. The standard InChI is InChI=1S/C16H18N6OS3/c1-5-6-22-14(12-7-24-10(3)9(12)2)19-21-16(22)25-8-13(23)17-15-20-18-11(4)26-15/h5,7H,1,6,8H2,2-4H3,(H,17,20,23). The van der Waals surface area contributed by atoms with E-state index in [2.05, 4.69) is 51.5 Å². The van der Waals surface area contributed by atoms with Crippen LogP contribution in [0.15, 0.2) is 23.2 Å². The van der Waals surface area contributed by atoms with Gasteiger partial charge in [0.2, 0.25) is 11.0 Å². The highest BCUT2D eigenvalue weighted by molar-refractivity contribution is 7.99. The molecule has 0 spiro atoms. The van der Waals surface area contributed by atoms with Crippen LogP contribution in [0.2, 0.25) is 0 Å². The van der Waals surface area contributed by atoms with Gasteiger partial charge in [0, 0.05) is 22.4 Å². The molecule has 136 valence electrons. The molecule has 1 N–H and O–H groups in total. The Morgan fingerprint density at radius 3 is 2.73 bits per heavy atom. The molecule has 3 rings (SSSR count). The van der Waals surface area contributed by atoms with Gasteiger partial charge in [-0.05, 0) is 26.3 Å². The van der Waals surface area contributed by atoms with E-state index in [0.717, 1.165) is 16.4 Å². The number of nitrogens with one attached hydrogen (secondary N) is 1. The van der Waals surface area contributed by atoms with Crippen LogP contribution in [-0.2, 0) is 11.3 Å². The van der Waals surface area contributed by atoms with Crippen molar-refractivity contribution in [3.8, 4) is 11.4 Å². The number of amides is 1. The quantitative estimate of drug-likeness (QED) is 0.476. The lowest BCUT2D eigenvalue weighted by atomic mass is 10.1. The summed E-state index contributed by atoms with van der Waals surface area (Å²) in [6.07, 6.45) is 1.80. The van der Waals surface area contributed by atoms with Crippen LogP contribution in [0, 0.1) is 20.8 Å². The Labute approximate surface area is 163 Å². The molecule has 7 nitrogen and oxygen atoms in total. The summed E-state index contributed by atoms with van der Waals surface area (Å²) < 4.78 is 1.98. The third-order valence-corrected chi connectivity index (χ3v) is 6.39. The number of anilines is 1. The SMILES string of the molecule is C=CCn1c(SCC(=O)Nc2nnc(C)s2)nnc1-c1csc(C)c1C. The van der Waals surface area contributed by atoms with Gasteiger partial charge in [-0.3, -0.25) is 14.7 Å². The van der Waals surface area contributed by atoms with Crippen molar-refractivity contribution < 1.29 is 4.79 Å². The Kier molecular flexibility index (Phi) is 5.84. The number of rotatable bonds is 7. The number of carbonyl (C=O) groups excluding carboxylic acids is 1. The zero-order chi connectivity index (χ0) is 18.7. The minimum atomic E-state index is -0.150. The average molecular weight is 407 g/mol. The minimum absolute atomic E-state index is 0.150. The maximum Gasteiger partial charge on any atom is 0.236 e. The first-order valence-corrected chi connectivity index (χ1v) is 10.5. The van der Waals surface area contributed by atoms with E-state index >= 15 is 0 Å². The Bertz CT molecular complexity index is 942. The number of thiophene rings is 1. The zero-order valence-electron chi connectivity index (χ0n) is 14.6. The van der Waals surface area contributed by atoms with Gasteiger partial charge in [-0.2, -0.15) is 0 Å². The lowest BCUT2D eigenvalue weighted by Crippen LogP contribution is -2.14. The van der Waals surface area contributed by atoms with Gasteiger partial charge in [-0.25, -0.2) is 0 Å². The summed E-state index contributed by atoms with van der Waals surface area (Å²) in [6, 6.07) is 0. The number of hydrogen-bond acceptors (Lipinski definition) is 8. The first kappa shape index (κ1) is 18.7. The highest BCUT2D eigenvalue weighted by atomic mass is 32.2. The summed E-state index contributed by atoms with van der Waals surface area (Å²) in [6.45, 7) is 10.4. The smallest absolute Gasteiger partial charge is 0.236 e. The number of allylic oxidation sites excluding steroid dienone is 1. The Morgan fingerprint density at radius 1 is 1.31 bits per heavy atom. The average Bonchev–Trinajstić information content (AvgIpc) is 3.28. The van der Waals surface area contributed by atoms with Crippen LogP contribution < -0.4 is 5.32 Å². The molecule has 0 aromatic carbocycles. The second kappa shape index (κ2) is 8.11. The van der Waals surface area contributed by atoms with E-state index in [1.54, 1.807) is 17.4 Å². The predicted octanol–water partition coefficient (Wildman–Crippen LogP) is 3.70. The molecule has 0 aliphatic heterocycles. The second-order valence-electron chi connectivity index (χ2n) is 5.50. The van der Waals surface area contributed by atoms with Crippen LogP contribution in [0.4, 0.5) is 5.13 Å². The van der Waals surface area contributed by atoms with Gasteiger partial charge in [-0.1, -0.05) is 29.2 Å². The number of aryl methyl sites for hydroxylation is 2. The van der Waals surface area contributed by atoms with E-state index in [9.17, 15) is 4.79 Å². The number of carbonyl (C=O) groups is 1. The van der Waals surface area contributed by atoms with Crippen LogP contribution in [0.1, 0.15) is 15.4 Å². The van der Waals surface area contributed by atoms with Crippen molar-refractivity contribution in [2.75, 3.05) is 11.1 Å². The molecule has 0 saturated carbocycles. The Morgan fingerprint density at radius 2 is 2.12 bits per heavy atom. The van der Waals surface area contributed by atoms with Gasteiger partial charge in [0.05, 0.1) is 5.75 Å². The van der Waals surface area contributed by atoms with Gasteiger partial charge < -0.3 is 0 Å². The molecule has 0 saturated heterocycles. The maximum absolute atomic E-state index is 12.1.